The molecule has 2 aromatic rings. The monoisotopic (exact) mass is 294 g/mol. The quantitative estimate of drug-likeness (QED) is 0.854. The van der Waals surface area contributed by atoms with Crippen molar-refractivity contribution in [2.45, 2.75) is 32.7 Å². The van der Waals surface area contributed by atoms with Gasteiger partial charge < -0.3 is 9.84 Å². The van der Waals surface area contributed by atoms with E-state index in [4.69, 9.17) is 4.52 Å². The summed E-state index contributed by atoms with van der Waals surface area (Å²) in [5, 5.41) is 12.6. The van der Waals surface area contributed by atoms with Crippen LogP contribution in [0.15, 0.2) is 22.2 Å². The number of amides is 1. The lowest BCUT2D eigenvalue weighted by Crippen LogP contribution is -2.43. The maximum Gasteiger partial charge on any atom is 0.239 e. The fourth-order valence-electron chi connectivity index (χ4n) is 1.74. The van der Waals surface area contributed by atoms with Crippen molar-refractivity contribution in [3.63, 3.8) is 0 Å². The smallest absolute Gasteiger partial charge is 0.239 e. The zero-order valence-electron chi connectivity index (χ0n) is 11.8. The van der Waals surface area contributed by atoms with E-state index in [0.717, 1.165) is 11.4 Å². The third kappa shape index (κ3) is 3.43. The van der Waals surface area contributed by atoms with E-state index in [9.17, 15) is 4.79 Å². The fourth-order valence-corrected chi connectivity index (χ4v) is 2.58. The van der Waals surface area contributed by atoms with E-state index in [0.29, 0.717) is 11.6 Å². The Hall–Kier alpha value is -1.73. The standard InChI is InChI=1S/C13H18N4O2S/c1-4-13(3,12-14-5-6-20-12)15-8-11(18)16-10-7-9(2)19-17-10/h5-7,15H,4,8H2,1-3H3,(H,16,17,18)/t13-/m1/s1. The van der Waals surface area contributed by atoms with Crippen molar-refractivity contribution in [1.82, 2.24) is 15.5 Å². The summed E-state index contributed by atoms with van der Waals surface area (Å²) in [6.07, 6.45) is 2.62. The van der Waals surface area contributed by atoms with E-state index < -0.39 is 0 Å². The molecule has 0 spiro atoms. The van der Waals surface area contributed by atoms with E-state index in [1.807, 2.05) is 12.3 Å². The Morgan fingerprint density at radius 2 is 2.35 bits per heavy atom. The van der Waals surface area contributed by atoms with Gasteiger partial charge in [0.25, 0.3) is 0 Å². The van der Waals surface area contributed by atoms with Gasteiger partial charge in [-0.2, -0.15) is 0 Å². The number of nitrogens with one attached hydrogen (secondary N) is 2. The van der Waals surface area contributed by atoms with Gasteiger partial charge in [0.05, 0.1) is 12.1 Å². The van der Waals surface area contributed by atoms with Crippen molar-refractivity contribution in [2.24, 2.45) is 0 Å². The van der Waals surface area contributed by atoms with Crippen molar-refractivity contribution in [3.05, 3.63) is 28.4 Å². The molecule has 6 nitrogen and oxygen atoms in total. The molecule has 1 atom stereocenters. The first-order chi connectivity index (χ1) is 9.53. The van der Waals surface area contributed by atoms with Crippen molar-refractivity contribution in [3.8, 4) is 0 Å². The predicted octanol–water partition coefficient (Wildman–Crippen LogP) is 2.29. The van der Waals surface area contributed by atoms with E-state index in [-0.39, 0.29) is 18.0 Å². The molecule has 2 aromatic heterocycles. The van der Waals surface area contributed by atoms with Crippen LogP contribution in [0.3, 0.4) is 0 Å². The Kier molecular flexibility index (Phi) is 4.51. The van der Waals surface area contributed by atoms with Gasteiger partial charge >= 0.3 is 0 Å². The SMILES string of the molecule is CC[C@@](C)(NCC(=O)Nc1cc(C)on1)c1nccs1. The second-order valence-corrected chi connectivity index (χ2v) is 5.64. The number of thiazole rings is 1. The molecule has 0 aromatic carbocycles. The van der Waals surface area contributed by atoms with Crippen LogP contribution >= 0.6 is 11.3 Å². The second-order valence-electron chi connectivity index (χ2n) is 4.75. The molecule has 20 heavy (non-hydrogen) atoms. The second kappa shape index (κ2) is 6.15. The Morgan fingerprint density at radius 3 is 2.90 bits per heavy atom. The summed E-state index contributed by atoms with van der Waals surface area (Å²) in [6, 6.07) is 1.68. The Morgan fingerprint density at radius 1 is 1.55 bits per heavy atom. The highest BCUT2D eigenvalue weighted by atomic mass is 32.1. The maximum absolute atomic E-state index is 11.9. The largest absolute Gasteiger partial charge is 0.360 e. The molecule has 0 radical (unpaired) electrons. The predicted molar refractivity (Wildman–Crippen MR) is 77.6 cm³/mol. The molecule has 0 bridgehead atoms. The van der Waals surface area contributed by atoms with Crippen LogP contribution in [-0.4, -0.2) is 22.6 Å². The molecule has 0 aliphatic rings. The summed E-state index contributed by atoms with van der Waals surface area (Å²) in [5.74, 6) is 0.936. The normalized spacial score (nSPS) is 13.9. The van der Waals surface area contributed by atoms with Gasteiger partial charge in [0.1, 0.15) is 10.8 Å². The molecule has 2 heterocycles. The van der Waals surface area contributed by atoms with Gasteiger partial charge in [-0.15, -0.1) is 11.3 Å². The van der Waals surface area contributed by atoms with Gasteiger partial charge in [-0.1, -0.05) is 12.1 Å². The highest BCUT2D eigenvalue weighted by Gasteiger charge is 2.27. The van der Waals surface area contributed by atoms with Crippen molar-refractivity contribution >= 4 is 23.1 Å². The minimum Gasteiger partial charge on any atom is -0.360 e. The summed E-state index contributed by atoms with van der Waals surface area (Å²) >= 11 is 1.58. The van der Waals surface area contributed by atoms with Crippen molar-refractivity contribution < 1.29 is 9.32 Å². The van der Waals surface area contributed by atoms with Gasteiger partial charge in [0.2, 0.25) is 5.91 Å². The molecule has 1 amide bonds. The lowest BCUT2D eigenvalue weighted by atomic mass is 10.00. The van der Waals surface area contributed by atoms with Gasteiger partial charge in [0.15, 0.2) is 5.82 Å². The summed E-state index contributed by atoms with van der Waals surface area (Å²) < 4.78 is 4.90. The van der Waals surface area contributed by atoms with Crippen LogP contribution in [0.1, 0.15) is 31.0 Å². The van der Waals surface area contributed by atoms with Gasteiger partial charge in [0, 0.05) is 17.6 Å². The van der Waals surface area contributed by atoms with Crippen LogP contribution < -0.4 is 10.6 Å². The first kappa shape index (κ1) is 14.7. The molecule has 0 fully saturated rings. The van der Waals surface area contributed by atoms with Crippen molar-refractivity contribution in [2.75, 3.05) is 11.9 Å². The topological polar surface area (TPSA) is 80.0 Å². The number of hydrogen-bond donors (Lipinski definition) is 2. The van der Waals surface area contributed by atoms with Crippen LogP contribution in [0.5, 0.6) is 0 Å². The molecule has 0 aliphatic carbocycles. The van der Waals surface area contributed by atoms with Crippen molar-refractivity contribution in [1.29, 1.82) is 0 Å². The molecule has 2 N–H and O–H groups in total. The molecular formula is C13H18N4O2S. The number of aryl methyl sites for hydroxylation is 1. The minimum atomic E-state index is -0.300. The fraction of sp³-hybridized carbons (Fsp3) is 0.462. The zero-order valence-corrected chi connectivity index (χ0v) is 12.6. The van der Waals surface area contributed by atoms with Crippen LogP contribution in [-0.2, 0) is 10.3 Å². The van der Waals surface area contributed by atoms with Crippen LogP contribution in [0.4, 0.5) is 5.82 Å². The molecule has 7 heteroatoms. The van der Waals surface area contributed by atoms with Gasteiger partial charge in [-0.05, 0) is 20.3 Å². The summed E-state index contributed by atoms with van der Waals surface area (Å²) in [6.45, 7) is 6.07. The van der Waals surface area contributed by atoms with Crippen LogP contribution in [0.25, 0.3) is 0 Å². The lowest BCUT2D eigenvalue weighted by molar-refractivity contribution is -0.115. The average molecular weight is 294 g/mol. The number of carbonyl (C=O) groups excluding carboxylic acids is 1. The van der Waals surface area contributed by atoms with Crippen LogP contribution in [0, 0.1) is 6.92 Å². The lowest BCUT2D eigenvalue weighted by Gasteiger charge is -2.27. The number of carbonyl (C=O) groups is 1. The first-order valence-electron chi connectivity index (χ1n) is 6.41. The summed E-state index contributed by atoms with van der Waals surface area (Å²) in [5.41, 5.74) is -0.300. The number of anilines is 1. The maximum atomic E-state index is 11.9. The zero-order chi connectivity index (χ0) is 14.6. The van der Waals surface area contributed by atoms with E-state index >= 15 is 0 Å². The van der Waals surface area contributed by atoms with E-state index in [1.54, 1.807) is 30.5 Å². The molecular weight excluding hydrogens is 276 g/mol. The number of rotatable bonds is 6. The number of aromatic nitrogens is 2. The van der Waals surface area contributed by atoms with Crippen LogP contribution in [0.2, 0.25) is 0 Å². The average Bonchev–Trinajstić information content (AvgIpc) is 3.08. The highest BCUT2D eigenvalue weighted by Crippen LogP contribution is 2.25. The van der Waals surface area contributed by atoms with E-state index in [2.05, 4.69) is 27.7 Å². The Bertz CT molecular complexity index is 567. The molecule has 0 unspecified atom stereocenters. The Labute approximate surface area is 121 Å². The van der Waals surface area contributed by atoms with E-state index in [1.165, 1.54) is 0 Å². The molecule has 0 saturated heterocycles. The third-order valence-electron chi connectivity index (χ3n) is 3.15. The summed E-state index contributed by atoms with van der Waals surface area (Å²) in [7, 11) is 0. The molecule has 0 aliphatic heterocycles. The molecule has 0 saturated carbocycles. The number of hydrogen-bond acceptors (Lipinski definition) is 6. The van der Waals surface area contributed by atoms with Gasteiger partial charge in [-0.3, -0.25) is 10.1 Å². The highest BCUT2D eigenvalue weighted by molar-refractivity contribution is 7.09. The minimum absolute atomic E-state index is 0.158. The first-order valence-corrected chi connectivity index (χ1v) is 7.29. The molecule has 108 valence electrons. The summed E-state index contributed by atoms with van der Waals surface area (Å²) in [4.78, 5) is 16.2. The van der Waals surface area contributed by atoms with Gasteiger partial charge in [-0.25, -0.2) is 4.98 Å². The molecule has 2 rings (SSSR count). The Balaban J connectivity index is 1.92. The third-order valence-corrected chi connectivity index (χ3v) is 4.18. The number of nitrogens with zero attached hydrogens (tertiary/aromatic N) is 2.